The number of halogens is 3. The van der Waals surface area contributed by atoms with Crippen LogP contribution in [0.3, 0.4) is 0 Å². The van der Waals surface area contributed by atoms with E-state index >= 15 is 0 Å². The number of hydrogen-bond donors (Lipinski definition) is 1. The predicted molar refractivity (Wildman–Crippen MR) is 162 cm³/mol. The van der Waals surface area contributed by atoms with Gasteiger partial charge in [0.1, 0.15) is 16.9 Å². The molecule has 1 N–H and O–H groups in total. The second-order valence-electron chi connectivity index (χ2n) is 11.3. The van der Waals surface area contributed by atoms with E-state index in [1.54, 1.807) is 41.4 Å². The first kappa shape index (κ1) is 29.8. The van der Waals surface area contributed by atoms with Crippen LogP contribution in [-0.4, -0.2) is 56.3 Å². The van der Waals surface area contributed by atoms with Gasteiger partial charge in [-0.05, 0) is 69.4 Å². The monoisotopic (exact) mass is 614 g/mol. The number of piperidine rings is 1. The molecule has 0 aliphatic carbocycles. The summed E-state index contributed by atoms with van der Waals surface area (Å²) in [5.41, 5.74) is 1.90. The Labute approximate surface area is 254 Å². The molecule has 4 aromatic rings. The van der Waals surface area contributed by atoms with Crippen molar-refractivity contribution in [3.63, 3.8) is 0 Å². The molecule has 0 bridgehead atoms. The van der Waals surface area contributed by atoms with Gasteiger partial charge in [-0.3, -0.25) is 0 Å². The van der Waals surface area contributed by atoms with Crippen molar-refractivity contribution in [2.24, 2.45) is 5.92 Å². The number of imidazole rings is 1. The predicted octanol–water partition coefficient (Wildman–Crippen LogP) is 7.21. The van der Waals surface area contributed by atoms with Crippen LogP contribution >= 0.6 is 23.2 Å². The Morgan fingerprint density at radius 1 is 1.17 bits per heavy atom. The third-order valence-electron chi connectivity index (χ3n) is 6.95. The van der Waals surface area contributed by atoms with Crippen molar-refractivity contribution < 1.29 is 18.7 Å². The van der Waals surface area contributed by atoms with Gasteiger partial charge in [-0.1, -0.05) is 35.3 Å². The summed E-state index contributed by atoms with van der Waals surface area (Å²) in [6.07, 6.45) is 3.07. The molecule has 1 aliphatic heterocycles. The van der Waals surface area contributed by atoms with Crippen molar-refractivity contribution in [3.05, 3.63) is 64.0 Å². The number of aromatic nitrogens is 4. The lowest BCUT2D eigenvalue weighted by molar-refractivity contribution is 0.0158. The first-order valence-corrected chi connectivity index (χ1v) is 14.5. The normalized spacial score (nSPS) is 15.6. The molecule has 0 saturated carbocycles. The van der Waals surface area contributed by atoms with E-state index < -0.39 is 11.4 Å². The minimum absolute atomic E-state index is 0.109. The van der Waals surface area contributed by atoms with Crippen molar-refractivity contribution in [1.29, 1.82) is 0 Å². The molecular weight excluding hydrogens is 582 g/mol. The van der Waals surface area contributed by atoms with Crippen molar-refractivity contribution in [2.45, 2.75) is 52.3 Å². The molecule has 3 heterocycles. The third kappa shape index (κ3) is 6.71. The number of benzene rings is 2. The lowest BCUT2D eigenvalue weighted by atomic mass is 9.98. The van der Waals surface area contributed by atoms with Crippen molar-refractivity contribution in [2.75, 3.05) is 25.5 Å². The molecule has 1 aliphatic rings. The fourth-order valence-electron chi connectivity index (χ4n) is 5.04. The second-order valence-corrected chi connectivity index (χ2v) is 12.1. The molecule has 1 amide bonds. The largest absolute Gasteiger partial charge is 0.494 e. The first-order chi connectivity index (χ1) is 20.0. The zero-order valence-corrected chi connectivity index (χ0v) is 25.5. The highest BCUT2D eigenvalue weighted by Gasteiger charge is 2.29. The van der Waals surface area contributed by atoms with Crippen LogP contribution in [-0.2, 0) is 17.8 Å². The van der Waals surface area contributed by atoms with Gasteiger partial charge in [0.25, 0.3) is 0 Å². The van der Waals surface area contributed by atoms with Crippen LogP contribution in [0.5, 0.6) is 5.75 Å². The van der Waals surface area contributed by atoms with E-state index in [2.05, 4.69) is 10.3 Å². The standard InChI is InChI=1S/C30H33Cl2FN6O3/c1-30(2,3)42-29(40)38-12-6-7-19(16-38)17-39-26-23(36-27(39)25-20(31)8-5-9-21(25)32)15-35-28(37-26)34-14-18-10-11-24(41-4)22(33)13-18/h5,8-11,13,15,19H,6-7,12,14,16-17H2,1-4H3,(H,34,35,37)/t19-/m1/s1. The lowest BCUT2D eigenvalue weighted by Crippen LogP contribution is -2.43. The molecular formula is C30H33Cl2FN6O3. The number of fused-ring (bicyclic) bond motifs is 1. The molecule has 1 atom stereocenters. The molecule has 12 heteroatoms. The number of ether oxygens (including phenoxy) is 2. The molecule has 9 nitrogen and oxygen atoms in total. The van der Waals surface area contributed by atoms with E-state index in [0.29, 0.717) is 70.3 Å². The average Bonchev–Trinajstić information content (AvgIpc) is 3.28. The Bertz CT molecular complexity index is 1590. The summed E-state index contributed by atoms with van der Waals surface area (Å²) >= 11 is 13.2. The molecule has 0 spiro atoms. The highest BCUT2D eigenvalue weighted by atomic mass is 35.5. The Morgan fingerprint density at radius 3 is 2.62 bits per heavy atom. The molecule has 2 aromatic heterocycles. The smallest absolute Gasteiger partial charge is 0.410 e. The van der Waals surface area contributed by atoms with Gasteiger partial charge in [-0.15, -0.1) is 0 Å². The Hall–Kier alpha value is -3.63. The van der Waals surface area contributed by atoms with Crippen LogP contribution in [0.1, 0.15) is 39.2 Å². The fraction of sp³-hybridized carbons (Fsp3) is 0.400. The van der Waals surface area contributed by atoms with E-state index in [4.69, 9.17) is 42.6 Å². The molecule has 1 saturated heterocycles. The van der Waals surface area contributed by atoms with E-state index in [9.17, 15) is 9.18 Å². The molecule has 5 rings (SSSR count). The van der Waals surface area contributed by atoms with Gasteiger partial charge in [0, 0.05) is 26.2 Å². The van der Waals surface area contributed by atoms with Crippen molar-refractivity contribution in [3.8, 4) is 17.1 Å². The van der Waals surface area contributed by atoms with Gasteiger partial charge in [0.05, 0.1) is 28.9 Å². The van der Waals surface area contributed by atoms with E-state index in [1.807, 2.05) is 25.3 Å². The minimum atomic E-state index is -0.573. The fourth-order valence-corrected chi connectivity index (χ4v) is 5.61. The number of nitrogens with zero attached hydrogens (tertiary/aromatic N) is 5. The number of carbonyl (C=O) groups excluding carboxylic acids is 1. The number of anilines is 1. The number of amides is 1. The number of rotatable bonds is 7. The number of hydrogen-bond acceptors (Lipinski definition) is 7. The van der Waals surface area contributed by atoms with Crippen molar-refractivity contribution in [1.82, 2.24) is 24.4 Å². The molecule has 0 radical (unpaired) electrons. The molecule has 222 valence electrons. The van der Waals surface area contributed by atoms with Crippen LogP contribution in [0.25, 0.3) is 22.6 Å². The molecule has 2 aromatic carbocycles. The van der Waals surface area contributed by atoms with Gasteiger partial charge in [0.2, 0.25) is 5.95 Å². The molecule has 0 unspecified atom stereocenters. The second kappa shape index (κ2) is 12.3. The Balaban J connectivity index is 1.47. The SMILES string of the molecule is COc1ccc(CNc2ncc3nc(-c4c(Cl)cccc4Cl)n(C[C@@H]4CCCN(C(=O)OC(C)(C)C)C4)c3n2)cc1F. The number of likely N-dealkylation sites (tertiary alicyclic amines) is 1. The topological polar surface area (TPSA) is 94.4 Å². The van der Waals surface area contributed by atoms with E-state index in [0.717, 1.165) is 12.8 Å². The summed E-state index contributed by atoms with van der Waals surface area (Å²) in [7, 11) is 1.43. The molecule has 42 heavy (non-hydrogen) atoms. The third-order valence-corrected chi connectivity index (χ3v) is 7.58. The van der Waals surface area contributed by atoms with Crippen LogP contribution in [0.2, 0.25) is 10.0 Å². The zero-order chi connectivity index (χ0) is 30.0. The van der Waals surface area contributed by atoms with Crippen LogP contribution in [0.4, 0.5) is 15.1 Å². The van der Waals surface area contributed by atoms with Gasteiger partial charge in [-0.2, -0.15) is 4.98 Å². The lowest BCUT2D eigenvalue weighted by Gasteiger charge is -2.34. The van der Waals surface area contributed by atoms with Crippen LogP contribution in [0.15, 0.2) is 42.6 Å². The summed E-state index contributed by atoms with van der Waals surface area (Å²) in [6.45, 7) is 7.58. The highest BCUT2D eigenvalue weighted by Crippen LogP contribution is 2.36. The van der Waals surface area contributed by atoms with E-state index in [1.165, 1.54) is 13.2 Å². The van der Waals surface area contributed by atoms with Crippen LogP contribution < -0.4 is 10.1 Å². The van der Waals surface area contributed by atoms with Gasteiger partial charge < -0.3 is 24.3 Å². The summed E-state index contributed by atoms with van der Waals surface area (Å²) in [5, 5.41) is 4.10. The minimum Gasteiger partial charge on any atom is -0.494 e. The zero-order valence-electron chi connectivity index (χ0n) is 24.0. The van der Waals surface area contributed by atoms with E-state index in [-0.39, 0.29) is 17.8 Å². The summed E-state index contributed by atoms with van der Waals surface area (Å²) < 4.78 is 26.8. The maximum atomic E-state index is 14.2. The van der Waals surface area contributed by atoms with Gasteiger partial charge in [0.15, 0.2) is 17.2 Å². The van der Waals surface area contributed by atoms with Gasteiger partial charge >= 0.3 is 6.09 Å². The molecule has 1 fully saturated rings. The summed E-state index contributed by atoms with van der Waals surface area (Å²) in [6, 6.07) is 10.1. The average molecular weight is 616 g/mol. The van der Waals surface area contributed by atoms with Gasteiger partial charge in [-0.25, -0.2) is 19.2 Å². The quantitative estimate of drug-likeness (QED) is 0.235. The summed E-state index contributed by atoms with van der Waals surface area (Å²) in [5.74, 6) is 0.770. The Morgan fingerprint density at radius 2 is 1.93 bits per heavy atom. The maximum absolute atomic E-state index is 14.2. The first-order valence-electron chi connectivity index (χ1n) is 13.7. The summed E-state index contributed by atoms with van der Waals surface area (Å²) in [4.78, 5) is 28.7. The number of nitrogens with one attached hydrogen (secondary N) is 1. The highest BCUT2D eigenvalue weighted by molar-refractivity contribution is 6.39. The number of carbonyl (C=O) groups is 1. The van der Waals surface area contributed by atoms with Crippen molar-refractivity contribution >= 4 is 46.4 Å². The maximum Gasteiger partial charge on any atom is 0.410 e. The number of methoxy groups -OCH3 is 1. The van der Waals surface area contributed by atoms with Crippen LogP contribution in [0, 0.1) is 11.7 Å². The Kier molecular flexibility index (Phi) is 8.75.